The minimum atomic E-state index is -0.0793. The Bertz CT molecular complexity index is 796. The lowest BCUT2D eigenvalue weighted by Crippen LogP contribution is -2.15. The number of aromatic nitrogens is 1. The van der Waals surface area contributed by atoms with E-state index in [-0.39, 0.29) is 5.91 Å². The fourth-order valence-electron chi connectivity index (χ4n) is 2.37. The zero-order valence-electron chi connectivity index (χ0n) is 13.5. The second kappa shape index (κ2) is 7.46. The van der Waals surface area contributed by atoms with Gasteiger partial charge < -0.3 is 15.1 Å². The van der Waals surface area contributed by atoms with Crippen LogP contribution >= 0.6 is 0 Å². The highest BCUT2D eigenvalue weighted by Gasteiger charge is 2.05. The Labute approximate surface area is 140 Å². The monoisotopic (exact) mass is 321 g/mol. The Balaban J connectivity index is 1.52. The Morgan fingerprint density at radius 1 is 1.17 bits per heavy atom. The summed E-state index contributed by atoms with van der Waals surface area (Å²) in [4.78, 5) is 16.3. The number of pyridine rings is 1. The molecule has 122 valence electrons. The van der Waals surface area contributed by atoms with Crippen molar-refractivity contribution in [3.8, 4) is 0 Å². The second-order valence-corrected chi connectivity index (χ2v) is 5.58. The lowest BCUT2D eigenvalue weighted by atomic mass is 10.1. The summed E-state index contributed by atoms with van der Waals surface area (Å²) in [6.07, 6.45) is 3.66. The minimum absolute atomic E-state index is 0.0793. The van der Waals surface area contributed by atoms with Crippen molar-refractivity contribution in [3.05, 3.63) is 77.9 Å². The number of carbonyl (C=O) groups is 1. The van der Waals surface area contributed by atoms with Crippen molar-refractivity contribution in [3.63, 3.8) is 0 Å². The number of carbonyl (C=O) groups excluding carboxylic acids is 1. The van der Waals surface area contributed by atoms with Gasteiger partial charge in [-0.15, -0.1) is 0 Å². The van der Waals surface area contributed by atoms with Gasteiger partial charge in [-0.1, -0.05) is 29.8 Å². The molecule has 0 aliphatic rings. The molecular weight excluding hydrogens is 302 g/mol. The number of nitrogens with one attached hydrogen (secondary N) is 2. The second-order valence-electron chi connectivity index (χ2n) is 5.58. The third kappa shape index (κ3) is 4.46. The third-order valence-electron chi connectivity index (χ3n) is 3.52. The molecule has 2 N–H and O–H groups in total. The van der Waals surface area contributed by atoms with Crippen molar-refractivity contribution < 1.29 is 9.21 Å². The van der Waals surface area contributed by atoms with Crippen LogP contribution in [0.15, 0.2) is 65.4 Å². The van der Waals surface area contributed by atoms with Gasteiger partial charge in [-0.25, -0.2) is 4.98 Å². The molecule has 1 amide bonds. The number of rotatable bonds is 6. The molecule has 2 aromatic heterocycles. The van der Waals surface area contributed by atoms with Gasteiger partial charge in [-0.3, -0.25) is 4.79 Å². The quantitative estimate of drug-likeness (QED) is 0.725. The average Bonchev–Trinajstić information content (AvgIpc) is 3.07. The van der Waals surface area contributed by atoms with Crippen LogP contribution in [0.4, 0.5) is 11.5 Å². The van der Waals surface area contributed by atoms with Crippen molar-refractivity contribution in [1.29, 1.82) is 0 Å². The maximum absolute atomic E-state index is 12.1. The van der Waals surface area contributed by atoms with Crippen LogP contribution in [0.2, 0.25) is 0 Å². The van der Waals surface area contributed by atoms with Crippen LogP contribution in [0.1, 0.15) is 16.9 Å². The Morgan fingerprint density at radius 2 is 2.08 bits per heavy atom. The van der Waals surface area contributed by atoms with E-state index in [0.717, 1.165) is 22.6 Å². The lowest BCUT2D eigenvalue weighted by molar-refractivity contribution is -0.115. The van der Waals surface area contributed by atoms with Crippen molar-refractivity contribution in [2.45, 2.75) is 19.9 Å². The van der Waals surface area contributed by atoms with Gasteiger partial charge in [0.15, 0.2) is 0 Å². The minimum Gasteiger partial charge on any atom is -0.467 e. The number of furan rings is 1. The van der Waals surface area contributed by atoms with Crippen LogP contribution in [0.25, 0.3) is 0 Å². The molecule has 3 rings (SSSR count). The number of benzene rings is 1. The van der Waals surface area contributed by atoms with E-state index in [2.05, 4.69) is 15.6 Å². The highest BCUT2D eigenvalue weighted by atomic mass is 16.3. The summed E-state index contributed by atoms with van der Waals surface area (Å²) in [7, 11) is 0. The molecule has 24 heavy (non-hydrogen) atoms. The number of amides is 1. The largest absolute Gasteiger partial charge is 0.467 e. The normalized spacial score (nSPS) is 10.4. The summed E-state index contributed by atoms with van der Waals surface area (Å²) in [5.41, 5.74) is 3.00. The molecule has 0 radical (unpaired) electrons. The van der Waals surface area contributed by atoms with E-state index in [9.17, 15) is 4.79 Å². The summed E-state index contributed by atoms with van der Waals surface area (Å²) in [5, 5.41) is 6.02. The fourth-order valence-corrected chi connectivity index (χ4v) is 2.37. The van der Waals surface area contributed by atoms with Crippen LogP contribution in [0.5, 0.6) is 0 Å². The van der Waals surface area contributed by atoms with Gasteiger partial charge in [-0.05, 0) is 36.8 Å². The maximum atomic E-state index is 12.1. The summed E-state index contributed by atoms with van der Waals surface area (Å²) >= 11 is 0. The Morgan fingerprint density at radius 3 is 2.79 bits per heavy atom. The van der Waals surface area contributed by atoms with Gasteiger partial charge in [0.05, 0.1) is 31.1 Å². The molecule has 0 aliphatic carbocycles. The predicted molar refractivity (Wildman–Crippen MR) is 93.8 cm³/mol. The molecule has 0 unspecified atom stereocenters. The zero-order chi connectivity index (χ0) is 16.8. The van der Waals surface area contributed by atoms with Gasteiger partial charge in [0.25, 0.3) is 0 Å². The highest BCUT2D eigenvalue weighted by molar-refractivity contribution is 5.91. The molecule has 0 aliphatic heterocycles. The highest BCUT2D eigenvalue weighted by Crippen LogP contribution is 2.12. The van der Waals surface area contributed by atoms with Crippen LogP contribution < -0.4 is 10.6 Å². The van der Waals surface area contributed by atoms with Gasteiger partial charge in [0, 0.05) is 0 Å². The van der Waals surface area contributed by atoms with Crippen LogP contribution in [-0.4, -0.2) is 10.9 Å². The van der Waals surface area contributed by atoms with E-state index in [1.165, 1.54) is 0 Å². The summed E-state index contributed by atoms with van der Waals surface area (Å²) in [6, 6.07) is 15.3. The van der Waals surface area contributed by atoms with Crippen molar-refractivity contribution in [2.24, 2.45) is 0 Å². The van der Waals surface area contributed by atoms with E-state index in [1.807, 2.05) is 49.4 Å². The standard InChI is InChI=1S/C19H19N3O2/c1-14-4-2-5-15(10-14)11-19(23)22-18-8-7-16(12-21-18)20-13-17-6-3-9-24-17/h2-10,12,20H,11,13H2,1H3,(H,21,22,23). The Hall–Kier alpha value is -3.08. The fraction of sp³-hybridized carbons (Fsp3) is 0.158. The molecule has 3 aromatic rings. The smallest absolute Gasteiger partial charge is 0.229 e. The maximum Gasteiger partial charge on any atom is 0.229 e. The molecule has 2 heterocycles. The molecule has 0 saturated carbocycles. The van der Waals surface area contributed by atoms with E-state index in [0.29, 0.717) is 18.8 Å². The van der Waals surface area contributed by atoms with Crippen molar-refractivity contribution in [2.75, 3.05) is 10.6 Å². The first kappa shape index (κ1) is 15.8. The number of nitrogens with zero attached hydrogens (tertiary/aromatic N) is 1. The molecule has 5 nitrogen and oxygen atoms in total. The van der Waals surface area contributed by atoms with Crippen molar-refractivity contribution in [1.82, 2.24) is 4.98 Å². The molecule has 0 bridgehead atoms. The predicted octanol–water partition coefficient (Wildman–Crippen LogP) is 3.78. The van der Waals surface area contributed by atoms with Gasteiger partial charge in [0.2, 0.25) is 5.91 Å². The number of aryl methyl sites for hydroxylation is 1. The molecule has 0 atom stereocenters. The van der Waals surface area contributed by atoms with Gasteiger partial charge in [-0.2, -0.15) is 0 Å². The summed E-state index contributed by atoms with van der Waals surface area (Å²) in [6.45, 7) is 2.60. The number of anilines is 2. The first-order valence-electron chi connectivity index (χ1n) is 7.77. The summed E-state index contributed by atoms with van der Waals surface area (Å²) < 4.78 is 5.26. The van der Waals surface area contributed by atoms with Gasteiger partial charge in [0.1, 0.15) is 11.6 Å². The number of hydrogen-bond acceptors (Lipinski definition) is 4. The van der Waals surface area contributed by atoms with E-state index < -0.39 is 0 Å². The third-order valence-corrected chi connectivity index (χ3v) is 3.52. The SMILES string of the molecule is Cc1cccc(CC(=O)Nc2ccc(NCc3ccco3)cn2)c1. The van der Waals surface area contributed by atoms with Crippen LogP contribution in [0.3, 0.4) is 0 Å². The van der Waals surface area contributed by atoms with Crippen molar-refractivity contribution >= 4 is 17.4 Å². The van der Waals surface area contributed by atoms with Crippen LogP contribution in [0, 0.1) is 6.92 Å². The molecule has 0 fully saturated rings. The van der Waals surface area contributed by atoms with Gasteiger partial charge >= 0.3 is 0 Å². The molecule has 5 heteroatoms. The first-order valence-corrected chi connectivity index (χ1v) is 7.77. The zero-order valence-corrected chi connectivity index (χ0v) is 13.5. The first-order chi connectivity index (χ1) is 11.7. The molecule has 1 aromatic carbocycles. The molecule has 0 saturated heterocycles. The average molecular weight is 321 g/mol. The number of hydrogen-bond donors (Lipinski definition) is 2. The lowest BCUT2D eigenvalue weighted by Gasteiger charge is -2.07. The molecular formula is C19H19N3O2. The van der Waals surface area contributed by atoms with E-state index in [4.69, 9.17) is 4.42 Å². The van der Waals surface area contributed by atoms with Crippen LogP contribution in [-0.2, 0) is 17.8 Å². The molecule has 0 spiro atoms. The summed E-state index contributed by atoms with van der Waals surface area (Å²) in [5.74, 6) is 1.31. The Kier molecular flexibility index (Phi) is 4.91. The van der Waals surface area contributed by atoms with E-state index in [1.54, 1.807) is 18.5 Å². The topological polar surface area (TPSA) is 67.2 Å². The van der Waals surface area contributed by atoms with E-state index >= 15 is 0 Å².